The van der Waals surface area contributed by atoms with Crippen LogP contribution in [-0.4, -0.2) is 73.6 Å². The van der Waals surface area contributed by atoms with Crippen LogP contribution in [0.5, 0.6) is 0 Å². The lowest BCUT2D eigenvalue weighted by atomic mass is 10.1. The van der Waals surface area contributed by atoms with Gasteiger partial charge in [0.15, 0.2) is 5.96 Å². The molecule has 1 amide bonds. The first-order chi connectivity index (χ1) is 14.7. The van der Waals surface area contributed by atoms with Crippen molar-refractivity contribution in [2.45, 2.75) is 72.0 Å². The molecule has 32 heavy (non-hydrogen) atoms. The van der Waals surface area contributed by atoms with Crippen LogP contribution in [0.4, 0.5) is 4.79 Å². The maximum Gasteiger partial charge on any atom is 0.407 e. The van der Waals surface area contributed by atoms with Crippen LogP contribution in [0.25, 0.3) is 0 Å². The zero-order chi connectivity index (χ0) is 22.9. The lowest BCUT2D eigenvalue weighted by Gasteiger charge is -2.34. The monoisotopic (exact) mass is 565 g/mol. The summed E-state index contributed by atoms with van der Waals surface area (Å²) in [5.41, 5.74) is 1.64. The van der Waals surface area contributed by atoms with E-state index in [1.807, 2.05) is 41.7 Å². The fourth-order valence-corrected chi connectivity index (χ4v) is 3.55. The predicted molar refractivity (Wildman–Crippen MR) is 136 cm³/mol. The van der Waals surface area contributed by atoms with Crippen LogP contribution >= 0.6 is 24.0 Å². The number of nitrogens with one attached hydrogen (secondary N) is 2. The van der Waals surface area contributed by atoms with Crippen molar-refractivity contribution in [3.63, 3.8) is 0 Å². The van der Waals surface area contributed by atoms with Gasteiger partial charge in [-0.2, -0.15) is 0 Å². The highest BCUT2D eigenvalue weighted by Gasteiger charge is 2.22. The van der Waals surface area contributed by atoms with E-state index in [1.165, 1.54) is 0 Å². The Morgan fingerprint density at radius 3 is 2.47 bits per heavy atom. The number of aromatic nitrogens is 1. The van der Waals surface area contributed by atoms with Crippen LogP contribution in [0.15, 0.2) is 9.52 Å². The Morgan fingerprint density at radius 1 is 1.22 bits per heavy atom. The first-order valence-corrected chi connectivity index (χ1v) is 11.2. The van der Waals surface area contributed by atoms with Gasteiger partial charge in [-0.1, -0.05) is 5.16 Å². The van der Waals surface area contributed by atoms with Crippen molar-refractivity contribution in [2.75, 3.05) is 39.8 Å². The molecule has 2 rings (SSSR count). The van der Waals surface area contributed by atoms with E-state index in [2.05, 4.69) is 25.7 Å². The zero-order valence-corrected chi connectivity index (χ0v) is 22.7. The summed E-state index contributed by atoms with van der Waals surface area (Å²) in [6, 6.07) is 0. The van der Waals surface area contributed by atoms with Gasteiger partial charge in [-0.05, 0) is 60.3 Å². The lowest BCUT2D eigenvalue weighted by Crippen LogP contribution is -2.47. The van der Waals surface area contributed by atoms with E-state index < -0.39 is 5.60 Å². The van der Waals surface area contributed by atoms with Gasteiger partial charge >= 0.3 is 6.09 Å². The molecule has 10 heteroatoms. The summed E-state index contributed by atoms with van der Waals surface area (Å²) >= 11 is 0. The highest BCUT2D eigenvalue weighted by molar-refractivity contribution is 14.0. The average molecular weight is 565 g/mol. The predicted octanol–water partition coefficient (Wildman–Crippen LogP) is 3.42. The van der Waals surface area contributed by atoms with Crippen LogP contribution in [0.3, 0.4) is 0 Å². The van der Waals surface area contributed by atoms with Crippen molar-refractivity contribution in [1.29, 1.82) is 0 Å². The quantitative estimate of drug-likeness (QED) is 0.216. The Morgan fingerprint density at radius 2 is 1.91 bits per heavy atom. The first kappa shape index (κ1) is 28.5. The van der Waals surface area contributed by atoms with Crippen molar-refractivity contribution < 1.29 is 18.8 Å². The van der Waals surface area contributed by atoms with E-state index in [1.54, 1.807) is 0 Å². The number of carbonyl (C=O) groups is 1. The Labute approximate surface area is 209 Å². The molecule has 0 radical (unpaired) electrons. The smallest absolute Gasteiger partial charge is 0.407 e. The maximum atomic E-state index is 11.6. The fraction of sp³-hybridized carbons (Fsp3) is 0.773. The Balaban J connectivity index is 0.00000512. The number of aliphatic imine (C=N–C) groups is 1. The minimum atomic E-state index is -0.474. The molecule has 0 aromatic carbocycles. The number of carbonyl (C=O) groups excluding carboxylic acids is 1. The Hall–Kier alpha value is -1.56. The van der Waals surface area contributed by atoms with Crippen LogP contribution in [0, 0.1) is 13.8 Å². The molecule has 0 aliphatic carbocycles. The second kappa shape index (κ2) is 13.9. The standard InChI is InChI=1S/C22H39N5O4.HI/c1-16-19(17(2)31-26-16)8-12-24-20(23-6)27-13-9-18(10-14-27)29-15-7-11-25-21(28)30-22(3,4)5;/h18H,7-15H2,1-6H3,(H,23,24)(H,25,28);1H. The molecule has 184 valence electrons. The van der Waals surface area contributed by atoms with E-state index in [4.69, 9.17) is 14.0 Å². The van der Waals surface area contributed by atoms with E-state index in [0.29, 0.717) is 13.2 Å². The van der Waals surface area contributed by atoms with Gasteiger partial charge < -0.3 is 29.5 Å². The number of guanidine groups is 1. The summed E-state index contributed by atoms with van der Waals surface area (Å²) in [7, 11) is 1.82. The number of amides is 1. The molecule has 1 fully saturated rings. The molecule has 1 saturated heterocycles. The van der Waals surface area contributed by atoms with Crippen molar-refractivity contribution in [1.82, 2.24) is 20.7 Å². The Bertz CT molecular complexity index is 705. The Kier molecular flexibility index (Phi) is 12.3. The van der Waals surface area contributed by atoms with Crippen molar-refractivity contribution in [2.24, 2.45) is 4.99 Å². The maximum absolute atomic E-state index is 11.6. The molecule has 0 spiro atoms. The van der Waals surface area contributed by atoms with Crippen LogP contribution in [0.1, 0.15) is 57.1 Å². The molecule has 2 N–H and O–H groups in total. The number of hydrogen-bond acceptors (Lipinski definition) is 6. The second-order valence-electron chi connectivity index (χ2n) is 8.87. The third-order valence-electron chi connectivity index (χ3n) is 5.14. The molecule has 1 aliphatic rings. The van der Waals surface area contributed by atoms with Gasteiger partial charge in [0.2, 0.25) is 0 Å². The molecule has 1 aromatic rings. The number of aryl methyl sites for hydroxylation is 2. The van der Waals surface area contributed by atoms with Crippen molar-refractivity contribution >= 4 is 36.0 Å². The molecule has 1 aliphatic heterocycles. The van der Waals surface area contributed by atoms with Gasteiger partial charge in [-0.3, -0.25) is 4.99 Å². The van der Waals surface area contributed by atoms with E-state index in [-0.39, 0.29) is 36.2 Å². The number of hydrogen-bond donors (Lipinski definition) is 2. The van der Waals surface area contributed by atoms with Crippen LogP contribution in [0.2, 0.25) is 0 Å². The fourth-order valence-electron chi connectivity index (χ4n) is 3.55. The topological polar surface area (TPSA) is 101 Å². The summed E-state index contributed by atoms with van der Waals surface area (Å²) in [6.07, 6.45) is 3.42. The van der Waals surface area contributed by atoms with Gasteiger partial charge in [-0.25, -0.2) is 4.79 Å². The summed E-state index contributed by atoms with van der Waals surface area (Å²) in [4.78, 5) is 18.3. The molecule has 9 nitrogen and oxygen atoms in total. The highest BCUT2D eigenvalue weighted by Crippen LogP contribution is 2.15. The summed E-state index contributed by atoms with van der Waals surface area (Å²) in [5.74, 6) is 1.81. The third-order valence-corrected chi connectivity index (χ3v) is 5.14. The zero-order valence-electron chi connectivity index (χ0n) is 20.3. The largest absolute Gasteiger partial charge is 0.444 e. The first-order valence-electron chi connectivity index (χ1n) is 11.2. The molecule has 2 heterocycles. The molecule has 0 saturated carbocycles. The van der Waals surface area contributed by atoms with E-state index in [0.717, 1.165) is 68.3 Å². The third kappa shape index (κ3) is 9.93. The molecule has 0 unspecified atom stereocenters. The number of likely N-dealkylation sites (tertiary alicyclic amines) is 1. The minimum Gasteiger partial charge on any atom is -0.444 e. The van der Waals surface area contributed by atoms with E-state index in [9.17, 15) is 4.79 Å². The van der Waals surface area contributed by atoms with Crippen molar-refractivity contribution in [3.8, 4) is 0 Å². The number of rotatable bonds is 8. The molecule has 1 aromatic heterocycles. The van der Waals surface area contributed by atoms with Crippen LogP contribution in [-0.2, 0) is 15.9 Å². The van der Waals surface area contributed by atoms with Gasteiger partial charge in [-0.15, -0.1) is 24.0 Å². The highest BCUT2D eigenvalue weighted by atomic mass is 127. The average Bonchev–Trinajstić information content (AvgIpc) is 3.02. The number of halogens is 1. The van der Waals surface area contributed by atoms with Gasteiger partial charge in [0.05, 0.1) is 11.8 Å². The molecular formula is C22H40IN5O4. The normalized spacial score (nSPS) is 15.3. The molecule has 0 bridgehead atoms. The number of piperidine rings is 1. The number of alkyl carbamates (subject to hydrolysis) is 1. The second-order valence-corrected chi connectivity index (χ2v) is 8.87. The van der Waals surface area contributed by atoms with Gasteiger partial charge in [0.1, 0.15) is 11.4 Å². The molecule has 0 atom stereocenters. The molecular weight excluding hydrogens is 525 g/mol. The van der Waals surface area contributed by atoms with Gasteiger partial charge in [0, 0.05) is 45.4 Å². The number of nitrogens with zero attached hydrogens (tertiary/aromatic N) is 3. The summed E-state index contributed by atoms with van der Waals surface area (Å²) in [6.45, 7) is 13.3. The SMILES string of the molecule is CN=C(NCCc1c(C)noc1C)N1CCC(OCCCNC(=O)OC(C)(C)C)CC1.I. The summed E-state index contributed by atoms with van der Waals surface area (Å²) < 4.78 is 16.4. The minimum absolute atomic E-state index is 0. The van der Waals surface area contributed by atoms with Gasteiger partial charge in [0.25, 0.3) is 0 Å². The summed E-state index contributed by atoms with van der Waals surface area (Å²) in [5, 5.41) is 10.2. The lowest BCUT2D eigenvalue weighted by molar-refractivity contribution is 0.0170. The number of ether oxygens (including phenoxy) is 2. The van der Waals surface area contributed by atoms with Crippen molar-refractivity contribution in [3.05, 3.63) is 17.0 Å². The van der Waals surface area contributed by atoms with Crippen LogP contribution < -0.4 is 10.6 Å². The van der Waals surface area contributed by atoms with E-state index >= 15 is 0 Å².